The standard InChI is InChI=1S/C23H37F2N3O.C2H6/c1-6-19(14-13-18(4)22(24)25)17-21(20(7-2)12-10-16-29-5)11-9-15-28-23(26)27-8-3;1-2/h6-7,9-13,19,21-22H,1,8,14-17H2,2-5H3,(H3,26,27,28);1-2H3/b11-9?,12-10-,18-13+,20-7+;. The molecule has 0 aliphatic carbocycles. The first kappa shape index (κ1) is 31.0. The van der Waals surface area contributed by atoms with E-state index in [0.29, 0.717) is 25.5 Å². The maximum absolute atomic E-state index is 12.8. The Balaban J connectivity index is 0. The highest BCUT2D eigenvalue weighted by Gasteiger charge is 2.15. The van der Waals surface area contributed by atoms with E-state index in [4.69, 9.17) is 10.5 Å². The van der Waals surface area contributed by atoms with E-state index in [0.717, 1.165) is 18.5 Å². The highest BCUT2D eigenvalue weighted by Crippen LogP contribution is 2.27. The molecule has 0 heterocycles. The lowest BCUT2D eigenvalue weighted by Crippen LogP contribution is -2.31. The minimum absolute atomic E-state index is 0.0828. The fourth-order valence-corrected chi connectivity index (χ4v) is 2.69. The molecule has 178 valence electrons. The van der Waals surface area contributed by atoms with Crippen LogP contribution in [0.15, 0.2) is 65.2 Å². The van der Waals surface area contributed by atoms with Crippen LogP contribution in [-0.4, -0.2) is 39.2 Å². The highest BCUT2D eigenvalue weighted by molar-refractivity contribution is 5.77. The first-order chi connectivity index (χ1) is 14.9. The number of guanidine groups is 1. The van der Waals surface area contributed by atoms with Crippen LogP contribution in [-0.2, 0) is 4.74 Å². The number of allylic oxidation sites excluding steroid dienone is 7. The molecule has 0 fully saturated rings. The first-order valence-corrected chi connectivity index (χ1v) is 11.0. The van der Waals surface area contributed by atoms with E-state index in [1.165, 1.54) is 6.92 Å². The maximum Gasteiger partial charge on any atom is 0.259 e. The average Bonchev–Trinajstić information content (AvgIpc) is 2.77. The van der Waals surface area contributed by atoms with Crippen molar-refractivity contribution in [3.63, 3.8) is 0 Å². The molecule has 0 amide bonds. The van der Waals surface area contributed by atoms with Crippen molar-refractivity contribution in [2.75, 3.05) is 26.8 Å². The van der Waals surface area contributed by atoms with E-state index < -0.39 is 6.43 Å². The lowest BCUT2D eigenvalue weighted by atomic mass is 9.86. The van der Waals surface area contributed by atoms with Crippen molar-refractivity contribution in [1.29, 1.82) is 0 Å². The van der Waals surface area contributed by atoms with Crippen molar-refractivity contribution in [3.05, 3.63) is 60.3 Å². The van der Waals surface area contributed by atoms with E-state index in [2.05, 4.69) is 29.0 Å². The first-order valence-electron chi connectivity index (χ1n) is 11.0. The van der Waals surface area contributed by atoms with Crippen LogP contribution in [0.1, 0.15) is 47.5 Å². The van der Waals surface area contributed by atoms with Crippen molar-refractivity contribution in [2.24, 2.45) is 22.6 Å². The predicted octanol–water partition coefficient (Wildman–Crippen LogP) is 6.05. The van der Waals surface area contributed by atoms with Gasteiger partial charge in [-0.05, 0) is 50.7 Å². The minimum Gasteiger partial charge on any atom is -0.381 e. The van der Waals surface area contributed by atoms with E-state index in [-0.39, 0.29) is 17.4 Å². The van der Waals surface area contributed by atoms with Gasteiger partial charge in [-0.2, -0.15) is 0 Å². The van der Waals surface area contributed by atoms with E-state index in [1.54, 1.807) is 13.2 Å². The number of nitrogens with two attached hydrogens (primary N) is 1. The van der Waals surface area contributed by atoms with Crippen LogP contribution >= 0.6 is 0 Å². The third-order valence-corrected chi connectivity index (χ3v) is 4.40. The zero-order valence-electron chi connectivity index (χ0n) is 20.2. The third-order valence-electron chi connectivity index (χ3n) is 4.40. The summed E-state index contributed by atoms with van der Waals surface area (Å²) in [4.78, 5) is 4.25. The molecule has 0 radical (unpaired) electrons. The number of halogens is 2. The Kier molecular flexibility index (Phi) is 21.0. The average molecular weight is 440 g/mol. The number of hydrogen-bond acceptors (Lipinski definition) is 2. The zero-order chi connectivity index (χ0) is 24.1. The Morgan fingerprint density at radius 1 is 1.26 bits per heavy atom. The van der Waals surface area contributed by atoms with Gasteiger partial charge in [0, 0.05) is 19.6 Å². The molecule has 2 unspecified atom stereocenters. The van der Waals surface area contributed by atoms with Gasteiger partial charge in [0.05, 0.1) is 13.2 Å². The van der Waals surface area contributed by atoms with Crippen LogP contribution < -0.4 is 11.1 Å². The molecule has 0 rings (SSSR count). The molecule has 0 aromatic heterocycles. The number of ether oxygens (including phenoxy) is 1. The summed E-state index contributed by atoms with van der Waals surface area (Å²) in [6.45, 7) is 15.0. The molecule has 0 spiro atoms. The van der Waals surface area contributed by atoms with Crippen LogP contribution in [0.5, 0.6) is 0 Å². The fourth-order valence-electron chi connectivity index (χ4n) is 2.69. The lowest BCUT2D eigenvalue weighted by Gasteiger charge is -2.19. The van der Waals surface area contributed by atoms with Crippen LogP contribution in [0.25, 0.3) is 0 Å². The van der Waals surface area contributed by atoms with Gasteiger partial charge in [-0.1, -0.05) is 56.4 Å². The van der Waals surface area contributed by atoms with Crippen LogP contribution in [0.3, 0.4) is 0 Å². The summed E-state index contributed by atoms with van der Waals surface area (Å²) in [5, 5.41) is 2.96. The molecule has 0 aromatic carbocycles. The van der Waals surface area contributed by atoms with Crippen molar-refractivity contribution < 1.29 is 13.5 Å². The largest absolute Gasteiger partial charge is 0.381 e. The molecule has 31 heavy (non-hydrogen) atoms. The second kappa shape index (κ2) is 21.0. The third kappa shape index (κ3) is 16.2. The van der Waals surface area contributed by atoms with Crippen molar-refractivity contribution in [2.45, 2.75) is 53.9 Å². The van der Waals surface area contributed by atoms with Gasteiger partial charge in [-0.15, -0.1) is 6.58 Å². The van der Waals surface area contributed by atoms with Gasteiger partial charge < -0.3 is 15.8 Å². The molecule has 3 N–H and O–H groups in total. The van der Waals surface area contributed by atoms with E-state index >= 15 is 0 Å². The Labute approximate surface area is 188 Å². The molecule has 0 saturated carbocycles. The van der Waals surface area contributed by atoms with Gasteiger partial charge >= 0.3 is 0 Å². The number of nitrogens with zero attached hydrogens (tertiary/aromatic N) is 1. The molecular formula is C25H43F2N3O. The number of rotatable bonds is 14. The second-order valence-electron chi connectivity index (χ2n) is 6.65. The molecule has 6 heteroatoms. The minimum atomic E-state index is -2.42. The quantitative estimate of drug-likeness (QED) is 0.150. The summed E-state index contributed by atoms with van der Waals surface area (Å²) in [6, 6.07) is 0. The molecule has 0 saturated heterocycles. The Bertz CT molecular complexity index is 608. The summed E-state index contributed by atoms with van der Waals surface area (Å²) in [5.41, 5.74) is 6.98. The predicted molar refractivity (Wildman–Crippen MR) is 132 cm³/mol. The van der Waals surface area contributed by atoms with Crippen molar-refractivity contribution >= 4 is 5.96 Å². The topological polar surface area (TPSA) is 59.6 Å². The summed E-state index contributed by atoms with van der Waals surface area (Å²) in [6.07, 6.45) is 12.4. The molecular weight excluding hydrogens is 396 g/mol. The second-order valence-corrected chi connectivity index (χ2v) is 6.65. The molecule has 0 aliphatic heterocycles. The van der Waals surface area contributed by atoms with Gasteiger partial charge in [0.25, 0.3) is 6.43 Å². The summed E-state index contributed by atoms with van der Waals surface area (Å²) < 4.78 is 30.6. The monoisotopic (exact) mass is 439 g/mol. The van der Waals surface area contributed by atoms with Gasteiger partial charge in [0.15, 0.2) is 5.96 Å². The summed E-state index contributed by atoms with van der Waals surface area (Å²) >= 11 is 0. The number of aliphatic imine (C=N–C) groups is 1. The lowest BCUT2D eigenvalue weighted by molar-refractivity contribution is 0.189. The summed E-state index contributed by atoms with van der Waals surface area (Å²) in [7, 11) is 1.65. The van der Waals surface area contributed by atoms with Crippen LogP contribution in [0.2, 0.25) is 0 Å². The number of methoxy groups -OCH3 is 1. The van der Waals surface area contributed by atoms with E-state index in [1.807, 2.05) is 52.0 Å². The van der Waals surface area contributed by atoms with Crippen LogP contribution in [0, 0.1) is 11.8 Å². The zero-order valence-corrected chi connectivity index (χ0v) is 20.2. The Morgan fingerprint density at radius 3 is 2.45 bits per heavy atom. The number of alkyl halides is 2. The Morgan fingerprint density at radius 2 is 1.94 bits per heavy atom. The van der Waals surface area contributed by atoms with Gasteiger partial charge in [-0.25, -0.2) is 13.8 Å². The summed E-state index contributed by atoms with van der Waals surface area (Å²) in [5.74, 6) is 0.600. The molecule has 0 aromatic rings. The highest BCUT2D eigenvalue weighted by atomic mass is 19.3. The molecule has 0 bridgehead atoms. The van der Waals surface area contributed by atoms with Gasteiger partial charge in [-0.3, -0.25) is 0 Å². The normalized spacial score (nSPS) is 15.2. The van der Waals surface area contributed by atoms with Crippen LogP contribution in [0.4, 0.5) is 8.78 Å². The van der Waals surface area contributed by atoms with E-state index in [9.17, 15) is 8.78 Å². The van der Waals surface area contributed by atoms with Crippen molar-refractivity contribution in [3.8, 4) is 0 Å². The maximum atomic E-state index is 12.8. The fraction of sp³-hybridized carbons (Fsp3) is 0.560. The molecule has 4 nitrogen and oxygen atoms in total. The molecule has 2 atom stereocenters. The number of nitrogens with one attached hydrogen (secondary N) is 1. The number of hydrogen-bond donors (Lipinski definition) is 2. The van der Waals surface area contributed by atoms with Crippen molar-refractivity contribution in [1.82, 2.24) is 5.32 Å². The van der Waals surface area contributed by atoms with Gasteiger partial charge in [0.2, 0.25) is 0 Å². The SMILES string of the molecule is C=CC(C/C=C(\C)C(F)F)CC(C=CCN=C(N)NCC)C(/C=C\COC)=C/C.CC. The van der Waals surface area contributed by atoms with Gasteiger partial charge in [0.1, 0.15) is 0 Å². The molecule has 0 aliphatic rings. The smallest absolute Gasteiger partial charge is 0.259 e. The Hall–Kier alpha value is -2.21.